The molecule has 0 saturated heterocycles. The Morgan fingerprint density at radius 1 is 1.33 bits per heavy atom. The molecular weight excluding hydrogens is 277 g/mol. The van der Waals surface area contributed by atoms with Gasteiger partial charge >= 0.3 is 5.97 Å². The van der Waals surface area contributed by atoms with Crippen LogP contribution in [0.4, 0.5) is 0 Å². The van der Waals surface area contributed by atoms with Crippen molar-refractivity contribution in [1.82, 2.24) is 5.32 Å². The molecule has 0 aliphatic carbocycles. The third-order valence-electron chi connectivity index (χ3n) is 2.13. The van der Waals surface area contributed by atoms with Gasteiger partial charge in [0.25, 0.3) is 5.91 Å². The molecule has 1 rings (SSSR count). The second-order valence-electron chi connectivity index (χ2n) is 3.55. The van der Waals surface area contributed by atoms with E-state index in [1.165, 1.54) is 24.3 Å². The summed E-state index contributed by atoms with van der Waals surface area (Å²) >= 11 is 11.5. The lowest BCUT2D eigenvalue weighted by molar-refractivity contribution is -0.139. The molecule has 0 saturated carbocycles. The molecule has 4 nitrogen and oxygen atoms in total. The van der Waals surface area contributed by atoms with E-state index in [1.54, 1.807) is 0 Å². The van der Waals surface area contributed by atoms with Gasteiger partial charge in [-0.25, -0.2) is 4.79 Å². The van der Waals surface area contributed by atoms with Crippen LogP contribution in [0.3, 0.4) is 0 Å². The Morgan fingerprint density at radius 2 is 1.89 bits per heavy atom. The largest absolute Gasteiger partial charge is 0.480 e. The summed E-state index contributed by atoms with van der Waals surface area (Å²) in [4.78, 5) is 22.7. The summed E-state index contributed by atoms with van der Waals surface area (Å²) in [5, 5.41) is 11.9. The first kappa shape index (κ1) is 14.5. The zero-order chi connectivity index (χ0) is 13.7. The van der Waals surface area contributed by atoms with Crippen LogP contribution in [0.1, 0.15) is 16.8 Å². The van der Waals surface area contributed by atoms with Crippen LogP contribution in [0.2, 0.25) is 10.0 Å². The van der Waals surface area contributed by atoms with E-state index in [4.69, 9.17) is 28.3 Å². The SMILES string of the molecule is C=CCC(NC(=O)c1cc(Cl)cc(Cl)c1)C(=O)O. The maximum Gasteiger partial charge on any atom is 0.326 e. The van der Waals surface area contributed by atoms with Gasteiger partial charge in [-0.3, -0.25) is 4.79 Å². The third kappa shape index (κ3) is 4.05. The van der Waals surface area contributed by atoms with Crippen molar-refractivity contribution in [3.8, 4) is 0 Å². The number of nitrogens with one attached hydrogen (secondary N) is 1. The van der Waals surface area contributed by atoms with Crippen molar-refractivity contribution in [2.75, 3.05) is 0 Å². The lowest BCUT2D eigenvalue weighted by Crippen LogP contribution is -2.40. The molecule has 18 heavy (non-hydrogen) atoms. The highest BCUT2D eigenvalue weighted by atomic mass is 35.5. The molecule has 0 aromatic heterocycles. The minimum absolute atomic E-state index is 0.134. The molecule has 1 aromatic rings. The van der Waals surface area contributed by atoms with Gasteiger partial charge in [-0.05, 0) is 24.6 Å². The fourth-order valence-corrected chi connectivity index (χ4v) is 1.84. The van der Waals surface area contributed by atoms with Crippen molar-refractivity contribution in [2.24, 2.45) is 0 Å². The van der Waals surface area contributed by atoms with Crippen LogP contribution in [-0.4, -0.2) is 23.0 Å². The Morgan fingerprint density at radius 3 is 2.33 bits per heavy atom. The maximum absolute atomic E-state index is 11.8. The number of carboxylic acids is 1. The first-order valence-electron chi connectivity index (χ1n) is 5.04. The molecule has 0 spiro atoms. The highest BCUT2D eigenvalue weighted by Crippen LogP contribution is 2.19. The highest BCUT2D eigenvalue weighted by molar-refractivity contribution is 6.35. The quantitative estimate of drug-likeness (QED) is 0.819. The summed E-state index contributed by atoms with van der Waals surface area (Å²) in [5.41, 5.74) is 0.211. The number of amides is 1. The molecule has 6 heteroatoms. The molecular formula is C12H11Cl2NO3. The summed E-state index contributed by atoms with van der Waals surface area (Å²) in [7, 11) is 0. The summed E-state index contributed by atoms with van der Waals surface area (Å²) in [6.07, 6.45) is 1.55. The number of carbonyl (C=O) groups is 2. The van der Waals surface area contributed by atoms with Crippen molar-refractivity contribution in [3.63, 3.8) is 0 Å². The van der Waals surface area contributed by atoms with E-state index in [2.05, 4.69) is 11.9 Å². The van der Waals surface area contributed by atoms with Gasteiger partial charge < -0.3 is 10.4 Å². The number of carboxylic acid groups (broad SMARTS) is 1. The molecule has 0 aliphatic rings. The summed E-state index contributed by atoms with van der Waals surface area (Å²) < 4.78 is 0. The van der Waals surface area contributed by atoms with Gasteiger partial charge in [-0.1, -0.05) is 29.3 Å². The number of halogens is 2. The van der Waals surface area contributed by atoms with Gasteiger partial charge in [0.05, 0.1) is 0 Å². The molecule has 1 amide bonds. The predicted molar refractivity (Wildman–Crippen MR) is 70.2 cm³/mol. The lowest BCUT2D eigenvalue weighted by atomic mass is 10.1. The average Bonchev–Trinajstić information content (AvgIpc) is 2.26. The average molecular weight is 288 g/mol. The molecule has 0 radical (unpaired) electrons. The number of rotatable bonds is 5. The fourth-order valence-electron chi connectivity index (χ4n) is 1.31. The molecule has 0 aliphatic heterocycles. The first-order chi connectivity index (χ1) is 8.43. The van der Waals surface area contributed by atoms with Gasteiger partial charge in [-0.2, -0.15) is 0 Å². The monoisotopic (exact) mass is 287 g/mol. The van der Waals surface area contributed by atoms with Gasteiger partial charge in [0.2, 0.25) is 0 Å². The second kappa shape index (κ2) is 6.42. The maximum atomic E-state index is 11.8. The van der Waals surface area contributed by atoms with Gasteiger partial charge in [-0.15, -0.1) is 6.58 Å². The second-order valence-corrected chi connectivity index (χ2v) is 4.42. The topological polar surface area (TPSA) is 66.4 Å². The van der Waals surface area contributed by atoms with Crippen molar-refractivity contribution in [1.29, 1.82) is 0 Å². The van der Waals surface area contributed by atoms with Crippen LogP contribution in [-0.2, 0) is 4.79 Å². The molecule has 0 bridgehead atoms. The van der Waals surface area contributed by atoms with Gasteiger partial charge in [0, 0.05) is 15.6 Å². The normalized spacial score (nSPS) is 11.7. The van der Waals surface area contributed by atoms with Gasteiger partial charge in [0.15, 0.2) is 0 Å². The van der Waals surface area contributed by atoms with Crippen LogP contribution in [0.25, 0.3) is 0 Å². The van der Waals surface area contributed by atoms with Gasteiger partial charge in [0.1, 0.15) is 6.04 Å². The number of hydrogen-bond donors (Lipinski definition) is 2. The third-order valence-corrected chi connectivity index (χ3v) is 2.57. The Bertz CT molecular complexity index is 468. The number of carbonyl (C=O) groups excluding carboxylic acids is 1. The van der Waals surface area contributed by atoms with E-state index in [1.807, 2.05) is 0 Å². The van der Waals surface area contributed by atoms with E-state index in [0.717, 1.165) is 0 Å². The number of benzene rings is 1. The molecule has 2 N–H and O–H groups in total. The number of hydrogen-bond acceptors (Lipinski definition) is 2. The van der Waals surface area contributed by atoms with E-state index in [-0.39, 0.29) is 12.0 Å². The summed E-state index contributed by atoms with van der Waals surface area (Å²) in [5.74, 6) is -1.68. The highest BCUT2D eigenvalue weighted by Gasteiger charge is 2.19. The standard InChI is InChI=1S/C12H11Cl2NO3/c1-2-3-10(12(17)18)15-11(16)7-4-8(13)6-9(14)5-7/h2,4-6,10H,1,3H2,(H,15,16)(H,17,18). The van der Waals surface area contributed by atoms with E-state index in [9.17, 15) is 9.59 Å². The van der Waals surface area contributed by atoms with E-state index < -0.39 is 17.9 Å². The molecule has 0 fully saturated rings. The van der Waals surface area contributed by atoms with E-state index >= 15 is 0 Å². The Labute approximate surface area is 114 Å². The molecule has 1 unspecified atom stereocenters. The van der Waals surface area contributed by atoms with Crippen LogP contribution in [0, 0.1) is 0 Å². The Balaban J connectivity index is 2.86. The van der Waals surface area contributed by atoms with Crippen molar-refractivity contribution in [2.45, 2.75) is 12.5 Å². The molecule has 0 heterocycles. The van der Waals surface area contributed by atoms with Crippen molar-refractivity contribution >= 4 is 35.1 Å². The molecule has 1 atom stereocenters. The lowest BCUT2D eigenvalue weighted by Gasteiger charge is -2.12. The molecule has 96 valence electrons. The van der Waals surface area contributed by atoms with Crippen molar-refractivity contribution in [3.05, 3.63) is 46.5 Å². The minimum atomic E-state index is -1.13. The van der Waals surface area contributed by atoms with Crippen LogP contribution in [0.5, 0.6) is 0 Å². The van der Waals surface area contributed by atoms with Crippen molar-refractivity contribution < 1.29 is 14.7 Å². The Kier molecular flexibility index (Phi) is 5.19. The van der Waals surface area contributed by atoms with E-state index in [0.29, 0.717) is 10.0 Å². The zero-order valence-electron chi connectivity index (χ0n) is 9.32. The fraction of sp³-hybridized carbons (Fsp3) is 0.167. The first-order valence-corrected chi connectivity index (χ1v) is 5.80. The molecule has 1 aromatic carbocycles. The predicted octanol–water partition coefficient (Wildman–Crippen LogP) is 2.75. The van der Waals surface area contributed by atoms with Crippen LogP contribution < -0.4 is 5.32 Å². The zero-order valence-corrected chi connectivity index (χ0v) is 10.8. The van der Waals surface area contributed by atoms with Crippen LogP contribution in [0.15, 0.2) is 30.9 Å². The smallest absolute Gasteiger partial charge is 0.326 e. The number of aliphatic carboxylic acids is 1. The van der Waals surface area contributed by atoms with Crippen LogP contribution >= 0.6 is 23.2 Å². The summed E-state index contributed by atoms with van der Waals surface area (Å²) in [6.45, 7) is 3.43. The minimum Gasteiger partial charge on any atom is -0.480 e. The Hall–Kier alpha value is -1.52. The summed E-state index contributed by atoms with van der Waals surface area (Å²) in [6, 6.07) is 3.29.